The van der Waals surface area contributed by atoms with Gasteiger partial charge in [0.05, 0.1) is 12.4 Å². The van der Waals surface area contributed by atoms with E-state index in [1.54, 1.807) is 48.9 Å². The van der Waals surface area contributed by atoms with Crippen molar-refractivity contribution in [1.29, 1.82) is 0 Å². The number of carbonyl (C=O) groups excluding carboxylic acids is 3. The van der Waals surface area contributed by atoms with Crippen LogP contribution in [0.15, 0.2) is 77.7 Å². The minimum atomic E-state index is -1.19. The standard InChI is InChI=1S/C25H20ClN3O4/c26-18-8-6-16(7-9-18)22-21(23(30)20-14-17-4-1-2-5-19(17)33-20)24(31)25(32)29(22)12-3-11-28-13-10-27-15-28/h1-2,4-10,13-15,21-22H,3,11-12H2. The minimum absolute atomic E-state index is 0.0709. The fraction of sp³-hybridized carbons (Fsp3) is 0.200. The minimum Gasteiger partial charge on any atom is -0.453 e. The molecule has 5 rings (SSSR count). The lowest BCUT2D eigenvalue weighted by atomic mass is 9.88. The van der Waals surface area contributed by atoms with Gasteiger partial charge in [0.2, 0.25) is 11.6 Å². The number of hydrogen-bond donors (Lipinski definition) is 0. The van der Waals surface area contributed by atoms with Gasteiger partial charge in [-0.25, -0.2) is 4.98 Å². The molecule has 1 aliphatic rings. The Kier molecular flexibility index (Phi) is 5.56. The maximum atomic E-state index is 13.5. The molecular formula is C25H20ClN3O4. The van der Waals surface area contributed by atoms with Gasteiger partial charge in [-0.05, 0) is 36.2 Å². The van der Waals surface area contributed by atoms with Crippen molar-refractivity contribution >= 4 is 40.0 Å². The third-order valence-corrected chi connectivity index (χ3v) is 6.19. The highest BCUT2D eigenvalue weighted by atomic mass is 35.5. The average Bonchev–Trinajstić information content (AvgIpc) is 3.54. The highest BCUT2D eigenvalue weighted by molar-refractivity contribution is 6.44. The van der Waals surface area contributed by atoms with Gasteiger partial charge in [0, 0.05) is 35.9 Å². The second kappa shape index (κ2) is 8.67. The van der Waals surface area contributed by atoms with E-state index in [0.29, 0.717) is 35.7 Å². The fourth-order valence-corrected chi connectivity index (χ4v) is 4.48. The third kappa shape index (κ3) is 3.96. The number of likely N-dealkylation sites (tertiary alicyclic amines) is 1. The molecule has 33 heavy (non-hydrogen) atoms. The molecule has 1 fully saturated rings. The largest absolute Gasteiger partial charge is 0.453 e. The second-order valence-corrected chi connectivity index (χ2v) is 8.44. The molecule has 0 saturated carbocycles. The number of fused-ring (bicyclic) bond motifs is 1. The number of carbonyl (C=O) groups is 3. The van der Waals surface area contributed by atoms with Crippen molar-refractivity contribution in [2.45, 2.75) is 19.0 Å². The molecule has 4 aromatic rings. The van der Waals surface area contributed by atoms with Crippen LogP contribution in [0, 0.1) is 5.92 Å². The number of hydrogen-bond acceptors (Lipinski definition) is 5. The van der Waals surface area contributed by atoms with Gasteiger partial charge in [-0.2, -0.15) is 0 Å². The first kappa shape index (κ1) is 21.2. The molecule has 1 saturated heterocycles. The number of imidazole rings is 1. The van der Waals surface area contributed by atoms with Crippen molar-refractivity contribution in [1.82, 2.24) is 14.5 Å². The van der Waals surface area contributed by atoms with Gasteiger partial charge in [0.1, 0.15) is 11.5 Å². The van der Waals surface area contributed by atoms with Crippen molar-refractivity contribution < 1.29 is 18.8 Å². The van der Waals surface area contributed by atoms with Crippen LogP contribution in [0.1, 0.15) is 28.6 Å². The van der Waals surface area contributed by atoms with Gasteiger partial charge in [0.25, 0.3) is 5.91 Å². The molecule has 166 valence electrons. The molecule has 0 N–H and O–H groups in total. The van der Waals surface area contributed by atoms with E-state index in [1.165, 1.54) is 4.90 Å². The van der Waals surface area contributed by atoms with Crippen molar-refractivity contribution in [3.05, 3.63) is 89.7 Å². The Labute approximate surface area is 194 Å². The van der Waals surface area contributed by atoms with E-state index in [-0.39, 0.29) is 5.76 Å². The summed E-state index contributed by atoms with van der Waals surface area (Å²) in [6.07, 6.45) is 5.82. The number of rotatable bonds is 7. The van der Waals surface area contributed by atoms with E-state index in [9.17, 15) is 14.4 Å². The number of halogens is 1. The lowest BCUT2D eigenvalue weighted by Crippen LogP contribution is -2.32. The Balaban J connectivity index is 1.48. The fourth-order valence-electron chi connectivity index (χ4n) is 4.36. The van der Waals surface area contributed by atoms with Gasteiger partial charge in [-0.1, -0.05) is 41.9 Å². The highest BCUT2D eigenvalue weighted by Gasteiger charge is 2.52. The third-order valence-electron chi connectivity index (χ3n) is 5.94. The van der Waals surface area contributed by atoms with Crippen molar-refractivity contribution in [3.8, 4) is 0 Å². The number of furan rings is 1. The molecule has 0 spiro atoms. The molecule has 7 nitrogen and oxygen atoms in total. The molecule has 1 amide bonds. The van der Waals surface area contributed by atoms with E-state index in [2.05, 4.69) is 4.98 Å². The van der Waals surface area contributed by atoms with Crippen LogP contribution in [-0.2, 0) is 16.1 Å². The van der Waals surface area contributed by atoms with E-state index in [1.807, 2.05) is 29.0 Å². The van der Waals surface area contributed by atoms with E-state index < -0.39 is 29.4 Å². The Bertz CT molecular complexity index is 1290. The maximum Gasteiger partial charge on any atom is 0.291 e. The summed E-state index contributed by atoms with van der Waals surface area (Å²) in [5.74, 6) is -2.99. The number of para-hydroxylation sites is 1. The molecule has 1 aliphatic heterocycles. The summed E-state index contributed by atoms with van der Waals surface area (Å²) in [7, 11) is 0. The molecule has 8 heteroatoms. The number of amides is 1. The zero-order valence-electron chi connectivity index (χ0n) is 17.6. The van der Waals surface area contributed by atoms with E-state index >= 15 is 0 Å². The van der Waals surface area contributed by atoms with Gasteiger partial charge < -0.3 is 13.9 Å². The van der Waals surface area contributed by atoms with Crippen LogP contribution in [0.4, 0.5) is 0 Å². The topological polar surface area (TPSA) is 85.4 Å². The molecule has 3 heterocycles. The smallest absolute Gasteiger partial charge is 0.291 e. The number of aryl methyl sites for hydroxylation is 1. The first-order valence-corrected chi connectivity index (χ1v) is 11.0. The molecule has 2 aromatic heterocycles. The van der Waals surface area contributed by atoms with Gasteiger partial charge in [0.15, 0.2) is 5.76 Å². The molecule has 2 atom stereocenters. The molecule has 2 unspecified atom stereocenters. The number of nitrogens with zero attached hydrogens (tertiary/aromatic N) is 3. The number of benzene rings is 2. The highest BCUT2D eigenvalue weighted by Crippen LogP contribution is 2.39. The summed E-state index contributed by atoms with van der Waals surface area (Å²) in [5.41, 5.74) is 1.23. The number of Topliss-reactive ketones (excluding diaryl/α,β-unsaturated/α-hetero) is 2. The predicted octanol–water partition coefficient (Wildman–Crippen LogP) is 4.32. The Morgan fingerprint density at radius 3 is 2.58 bits per heavy atom. The number of ketones is 2. The normalized spacial score (nSPS) is 18.4. The molecule has 0 aliphatic carbocycles. The molecule has 0 radical (unpaired) electrons. The summed E-state index contributed by atoms with van der Waals surface area (Å²) >= 11 is 6.05. The molecular weight excluding hydrogens is 442 g/mol. The number of aromatic nitrogens is 2. The Morgan fingerprint density at radius 1 is 1.06 bits per heavy atom. The quantitative estimate of drug-likeness (QED) is 0.232. The Hall–Kier alpha value is -3.71. The monoisotopic (exact) mass is 461 g/mol. The van der Waals surface area contributed by atoms with Crippen LogP contribution in [0.25, 0.3) is 11.0 Å². The van der Waals surface area contributed by atoms with Crippen molar-refractivity contribution in [2.24, 2.45) is 5.92 Å². The van der Waals surface area contributed by atoms with Gasteiger partial charge in [-0.3, -0.25) is 14.4 Å². The van der Waals surface area contributed by atoms with Crippen LogP contribution < -0.4 is 0 Å². The van der Waals surface area contributed by atoms with E-state index in [4.69, 9.17) is 16.0 Å². The first-order valence-electron chi connectivity index (χ1n) is 10.6. The lowest BCUT2D eigenvalue weighted by Gasteiger charge is -2.27. The maximum absolute atomic E-state index is 13.5. The van der Waals surface area contributed by atoms with Crippen LogP contribution in [-0.4, -0.2) is 38.5 Å². The van der Waals surface area contributed by atoms with Gasteiger partial charge in [-0.15, -0.1) is 0 Å². The van der Waals surface area contributed by atoms with Crippen LogP contribution in [0.5, 0.6) is 0 Å². The van der Waals surface area contributed by atoms with Crippen LogP contribution >= 0.6 is 11.6 Å². The second-order valence-electron chi connectivity index (χ2n) is 8.00. The summed E-state index contributed by atoms with van der Waals surface area (Å²) in [6.45, 7) is 0.952. The molecule has 0 bridgehead atoms. The van der Waals surface area contributed by atoms with Crippen molar-refractivity contribution in [2.75, 3.05) is 6.54 Å². The van der Waals surface area contributed by atoms with Crippen LogP contribution in [0.2, 0.25) is 5.02 Å². The predicted molar refractivity (Wildman–Crippen MR) is 122 cm³/mol. The first-order chi connectivity index (χ1) is 16.0. The summed E-state index contributed by atoms with van der Waals surface area (Å²) < 4.78 is 7.63. The lowest BCUT2D eigenvalue weighted by molar-refractivity contribution is -0.140. The summed E-state index contributed by atoms with van der Waals surface area (Å²) in [5, 5.41) is 1.29. The van der Waals surface area contributed by atoms with Gasteiger partial charge >= 0.3 is 0 Å². The summed E-state index contributed by atoms with van der Waals surface area (Å²) in [4.78, 5) is 45.1. The average molecular weight is 462 g/mol. The van der Waals surface area contributed by atoms with Crippen molar-refractivity contribution in [3.63, 3.8) is 0 Å². The zero-order valence-corrected chi connectivity index (χ0v) is 18.3. The van der Waals surface area contributed by atoms with Crippen LogP contribution in [0.3, 0.4) is 0 Å². The molecule has 2 aromatic carbocycles. The SMILES string of the molecule is O=C1C(=O)N(CCCn2ccnc2)C(c2ccc(Cl)cc2)C1C(=O)c1cc2ccccc2o1. The summed E-state index contributed by atoms with van der Waals surface area (Å²) in [6, 6.07) is 15.0. The van der Waals surface area contributed by atoms with E-state index in [0.717, 1.165) is 5.39 Å². The Morgan fingerprint density at radius 2 is 1.85 bits per heavy atom. The zero-order chi connectivity index (χ0) is 22.9.